The maximum absolute atomic E-state index is 12.9. The van der Waals surface area contributed by atoms with Gasteiger partial charge in [-0.05, 0) is 18.2 Å². The number of hydrogen-bond acceptors (Lipinski definition) is 4. The van der Waals surface area contributed by atoms with Crippen LogP contribution in [0.15, 0.2) is 54.0 Å². The number of alkyl halides is 3. The van der Waals surface area contributed by atoms with Gasteiger partial charge in [-0.25, -0.2) is 0 Å². The van der Waals surface area contributed by atoms with Crippen LogP contribution in [0.25, 0.3) is 10.2 Å². The summed E-state index contributed by atoms with van der Waals surface area (Å²) < 4.78 is 52.0. The van der Waals surface area contributed by atoms with E-state index in [4.69, 9.17) is 9.47 Å². The molecule has 0 atom stereocenters. The topological polar surface area (TPSA) is 52.8 Å². The molecule has 4 rings (SSSR count). The molecule has 3 aromatic rings. The number of carbonyl (C=O) groups is 1. The van der Waals surface area contributed by atoms with Gasteiger partial charge in [-0.1, -0.05) is 23.5 Å². The summed E-state index contributed by atoms with van der Waals surface area (Å²) in [5, 5.41) is 0. The smallest absolute Gasteiger partial charge is 0.416 e. The number of fused-ring (bicyclic) bond motifs is 2. The Morgan fingerprint density at radius 3 is 2.71 bits per heavy atom. The van der Waals surface area contributed by atoms with E-state index in [1.54, 1.807) is 22.8 Å². The van der Waals surface area contributed by atoms with E-state index < -0.39 is 17.6 Å². The second-order valence-corrected chi connectivity index (χ2v) is 6.96. The molecule has 1 aliphatic heterocycles. The summed E-state index contributed by atoms with van der Waals surface area (Å²) in [5.41, 5.74) is -0.258. The van der Waals surface area contributed by atoms with Crippen molar-refractivity contribution >= 4 is 27.5 Å². The highest BCUT2D eigenvalue weighted by molar-refractivity contribution is 7.16. The van der Waals surface area contributed by atoms with Crippen molar-refractivity contribution in [1.82, 2.24) is 4.57 Å². The zero-order valence-corrected chi connectivity index (χ0v) is 15.1. The van der Waals surface area contributed by atoms with Crippen molar-refractivity contribution in [3.05, 3.63) is 65.0 Å². The summed E-state index contributed by atoms with van der Waals surface area (Å²) in [6.45, 7) is 4.22. The van der Waals surface area contributed by atoms with E-state index in [1.165, 1.54) is 23.5 Å². The molecule has 0 fully saturated rings. The molecule has 144 valence electrons. The highest BCUT2D eigenvalue weighted by Gasteiger charge is 2.30. The van der Waals surface area contributed by atoms with Crippen LogP contribution in [-0.4, -0.2) is 17.3 Å². The molecule has 5 nitrogen and oxygen atoms in total. The molecular formula is C19H13F3N2O3S. The zero-order valence-electron chi connectivity index (χ0n) is 14.3. The van der Waals surface area contributed by atoms with Crippen LogP contribution in [0.2, 0.25) is 0 Å². The Morgan fingerprint density at radius 1 is 1.25 bits per heavy atom. The number of rotatable bonds is 3. The molecule has 0 radical (unpaired) electrons. The van der Waals surface area contributed by atoms with Gasteiger partial charge >= 0.3 is 6.18 Å². The standard InChI is InChI=1S/C19H13F3N2O3S/c1-2-6-24-13-8-14-15(27-10-26-14)9-16(13)28-18(24)23-17(25)11-4-3-5-12(7-11)19(20,21)22/h2-5,7-9H,1,6,10H2. The van der Waals surface area contributed by atoms with Crippen molar-refractivity contribution in [2.75, 3.05) is 6.79 Å². The van der Waals surface area contributed by atoms with Gasteiger partial charge in [0.05, 0.1) is 15.8 Å². The summed E-state index contributed by atoms with van der Waals surface area (Å²) in [7, 11) is 0. The molecule has 9 heteroatoms. The lowest BCUT2D eigenvalue weighted by atomic mass is 10.1. The first kappa shape index (κ1) is 18.3. The van der Waals surface area contributed by atoms with E-state index in [9.17, 15) is 18.0 Å². The molecule has 0 aliphatic carbocycles. The molecule has 0 bridgehead atoms. The molecule has 0 saturated carbocycles. The van der Waals surface area contributed by atoms with E-state index >= 15 is 0 Å². The summed E-state index contributed by atoms with van der Waals surface area (Å²) in [5.74, 6) is 0.421. The van der Waals surface area contributed by atoms with Crippen molar-refractivity contribution < 1.29 is 27.4 Å². The predicted octanol–water partition coefficient (Wildman–Crippen LogP) is 4.38. The van der Waals surface area contributed by atoms with E-state index in [-0.39, 0.29) is 12.4 Å². The molecule has 1 aromatic heterocycles. The Hall–Kier alpha value is -3.07. The van der Waals surface area contributed by atoms with Crippen molar-refractivity contribution in [3.63, 3.8) is 0 Å². The number of carbonyl (C=O) groups excluding carboxylic acids is 1. The van der Waals surface area contributed by atoms with Crippen LogP contribution in [0.5, 0.6) is 11.5 Å². The molecule has 1 aliphatic rings. The van der Waals surface area contributed by atoms with E-state index in [1.807, 2.05) is 0 Å². The average molecular weight is 406 g/mol. The number of allylic oxidation sites excluding steroid dienone is 1. The fraction of sp³-hybridized carbons (Fsp3) is 0.158. The summed E-state index contributed by atoms with van der Waals surface area (Å²) in [4.78, 5) is 16.9. The molecule has 2 aromatic carbocycles. The van der Waals surface area contributed by atoms with Gasteiger partial charge in [-0.2, -0.15) is 18.2 Å². The van der Waals surface area contributed by atoms with Crippen molar-refractivity contribution in [3.8, 4) is 11.5 Å². The van der Waals surface area contributed by atoms with Gasteiger partial charge in [0.25, 0.3) is 5.91 Å². The first-order chi connectivity index (χ1) is 13.4. The van der Waals surface area contributed by atoms with E-state index in [0.29, 0.717) is 22.8 Å². The number of halogens is 3. The van der Waals surface area contributed by atoms with Crippen molar-refractivity contribution in [1.29, 1.82) is 0 Å². The van der Waals surface area contributed by atoms with Crippen LogP contribution in [0.1, 0.15) is 15.9 Å². The summed E-state index contributed by atoms with van der Waals surface area (Å²) >= 11 is 1.23. The highest BCUT2D eigenvalue weighted by atomic mass is 32.1. The summed E-state index contributed by atoms with van der Waals surface area (Å²) in [6, 6.07) is 7.78. The number of hydrogen-bond donors (Lipinski definition) is 0. The number of amides is 1. The quantitative estimate of drug-likeness (QED) is 0.607. The van der Waals surface area contributed by atoms with E-state index in [0.717, 1.165) is 22.3 Å². The molecule has 0 spiro atoms. The minimum absolute atomic E-state index is 0.133. The molecule has 28 heavy (non-hydrogen) atoms. The monoisotopic (exact) mass is 406 g/mol. The van der Waals surface area contributed by atoms with Gasteiger partial charge < -0.3 is 14.0 Å². The van der Waals surface area contributed by atoms with Crippen LogP contribution in [0.3, 0.4) is 0 Å². The van der Waals surface area contributed by atoms with Crippen molar-refractivity contribution in [2.24, 2.45) is 4.99 Å². The van der Waals surface area contributed by atoms with Crippen LogP contribution in [0, 0.1) is 0 Å². The molecule has 2 heterocycles. The SMILES string of the molecule is C=CCn1c(=NC(=O)c2cccc(C(F)(F)F)c2)sc2cc3c(cc21)OCO3. The highest BCUT2D eigenvalue weighted by Crippen LogP contribution is 2.37. The Bertz CT molecular complexity index is 1160. The van der Waals surface area contributed by atoms with Gasteiger partial charge in [0.1, 0.15) is 0 Å². The Labute approximate surface area is 161 Å². The predicted molar refractivity (Wildman–Crippen MR) is 97.5 cm³/mol. The number of aromatic nitrogens is 1. The maximum Gasteiger partial charge on any atom is 0.416 e. The lowest BCUT2D eigenvalue weighted by Crippen LogP contribution is -2.16. The Morgan fingerprint density at radius 2 is 2.00 bits per heavy atom. The molecule has 0 unspecified atom stereocenters. The third kappa shape index (κ3) is 3.29. The number of benzene rings is 2. The van der Waals surface area contributed by atoms with Crippen LogP contribution in [0.4, 0.5) is 13.2 Å². The first-order valence-electron chi connectivity index (χ1n) is 8.17. The lowest BCUT2D eigenvalue weighted by molar-refractivity contribution is -0.137. The van der Waals surface area contributed by atoms with Crippen LogP contribution >= 0.6 is 11.3 Å². The normalized spacial score (nSPS) is 13.9. The molecule has 1 amide bonds. The first-order valence-corrected chi connectivity index (χ1v) is 8.98. The maximum atomic E-state index is 12.9. The number of thiazole rings is 1. The molecule has 0 saturated heterocycles. The van der Waals surface area contributed by atoms with E-state index in [2.05, 4.69) is 11.6 Å². The van der Waals surface area contributed by atoms with Crippen LogP contribution in [-0.2, 0) is 12.7 Å². The fourth-order valence-electron chi connectivity index (χ4n) is 2.83. The second-order valence-electron chi connectivity index (χ2n) is 5.95. The van der Waals surface area contributed by atoms with Crippen LogP contribution < -0.4 is 14.3 Å². The zero-order chi connectivity index (χ0) is 19.9. The van der Waals surface area contributed by atoms with Gasteiger partial charge in [0.15, 0.2) is 16.3 Å². The van der Waals surface area contributed by atoms with Gasteiger partial charge in [-0.3, -0.25) is 4.79 Å². The third-order valence-corrected chi connectivity index (χ3v) is 5.16. The fourth-order valence-corrected chi connectivity index (χ4v) is 3.88. The third-order valence-electron chi connectivity index (χ3n) is 4.12. The second kappa shape index (κ2) is 6.83. The van der Waals surface area contributed by atoms with Crippen molar-refractivity contribution in [2.45, 2.75) is 12.7 Å². The largest absolute Gasteiger partial charge is 0.454 e. The molecular weight excluding hydrogens is 393 g/mol. The minimum atomic E-state index is -4.53. The Balaban J connectivity index is 1.82. The minimum Gasteiger partial charge on any atom is -0.454 e. The average Bonchev–Trinajstić information content (AvgIpc) is 3.24. The van der Waals surface area contributed by atoms with Gasteiger partial charge in [-0.15, -0.1) is 6.58 Å². The van der Waals surface area contributed by atoms with Gasteiger partial charge in [0, 0.05) is 24.2 Å². The molecule has 0 N–H and O–H groups in total. The van der Waals surface area contributed by atoms with Gasteiger partial charge in [0.2, 0.25) is 6.79 Å². The summed E-state index contributed by atoms with van der Waals surface area (Å²) in [6.07, 6.45) is -2.89. The Kier molecular flexibility index (Phi) is 4.46. The number of ether oxygens (including phenoxy) is 2. The number of nitrogens with zero attached hydrogens (tertiary/aromatic N) is 2. The lowest BCUT2D eigenvalue weighted by Gasteiger charge is -2.06.